The SMILES string of the molecule is Cc1nc2n(n1)C[C@H](NC(=O)NC[C@@H](C)c1ncc(C)s1)CC2. The molecule has 8 heteroatoms. The smallest absolute Gasteiger partial charge is 0.315 e. The van der Waals surface area contributed by atoms with Crippen molar-refractivity contribution < 1.29 is 4.79 Å². The van der Waals surface area contributed by atoms with Gasteiger partial charge in [0, 0.05) is 30.0 Å². The van der Waals surface area contributed by atoms with Crippen molar-refractivity contribution in [1.29, 1.82) is 0 Å². The molecule has 2 atom stereocenters. The number of urea groups is 1. The highest BCUT2D eigenvalue weighted by atomic mass is 32.1. The summed E-state index contributed by atoms with van der Waals surface area (Å²) >= 11 is 1.68. The molecule has 23 heavy (non-hydrogen) atoms. The molecule has 3 rings (SSSR count). The Bertz CT molecular complexity index is 694. The van der Waals surface area contributed by atoms with E-state index in [9.17, 15) is 4.79 Å². The fourth-order valence-corrected chi connectivity index (χ4v) is 3.55. The van der Waals surface area contributed by atoms with Gasteiger partial charge in [0.25, 0.3) is 0 Å². The van der Waals surface area contributed by atoms with Gasteiger partial charge in [-0.25, -0.2) is 19.4 Å². The Hall–Kier alpha value is -1.96. The van der Waals surface area contributed by atoms with E-state index in [1.165, 1.54) is 4.88 Å². The number of aryl methyl sites for hydroxylation is 3. The minimum absolute atomic E-state index is 0.0982. The van der Waals surface area contributed by atoms with Gasteiger partial charge in [0.15, 0.2) is 0 Å². The van der Waals surface area contributed by atoms with Crippen LogP contribution < -0.4 is 10.6 Å². The third kappa shape index (κ3) is 3.87. The summed E-state index contributed by atoms with van der Waals surface area (Å²) in [6.45, 7) is 7.27. The highest BCUT2D eigenvalue weighted by Crippen LogP contribution is 2.20. The van der Waals surface area contributed by atoms with Gasteiger partial charge in [0.1, 0.15) is 11.6 Å². The van der Waals surface area contributed by atoms with E-state index in [1.807, 2.05) is 24.7 Å². The summed E-state index contributed by atoms with van der Waals surface area (Å²) in [5.41, 5.74) is 0. The van der Waals surface area contributed by atoms with Crippen LogP contribution in [0.15, 0.2) is 6.20 Å². The molecule has 0 aromatic carbocycles. The third-order valence-electron chi connectivity index (χ3n) is 3.93. The van der Waals surface area contributed by atoms with E-state index in [1.54, 1.807) is 11.3 Å². The van der Waals surface area contributed by atoms with Crippen LogP contribution >= 0.6 is 11.3 Å². The van der Waals surface area contributed by atoms with Crippen LogP contribution in [0.4, 0.5) is 4.79 Å². The molecule has 0 saturated heterocycles. The first-order valence-electron chi connectivity index (χ1n) is 7.88. The van der Waals surface area contributed by atoms with Gasteiger partial charge in [-0.1, -0.05) is 6.92 Å². The van der Waals surface area contributed by atoms with Crippen molar-refractivity contribution in [2.45, 2.75) is 52.1 Å². The molecule has 0 fully saturated rings. The molecule has 0 radical (unpaired) electrons. The second-order valence-electron chi connectivity index (χ2n) is 6.06. The lowest BCUT2D eigenvalue weighted by Gasteiger charge is -2.24. The Morgan fingerprint density at radius 1 is 1.52 bits per heavy atom. The zero-order valence-electron chi connectivity index (χ0n) is 13.7. The molecule has 2 aromatic heterocycles. The highest BCUT2D eigenvalue weighted by Gasteiger charge is 2.22. The van der Waals surface area contributed by atoms with Crippen molar-refractivity contribution in [3.63, 3.8) is 0 Å². The first-order chi connectivity index (χ1) is 11.0. The minimum Gasteiger partial charge on any atom is -0.337 e. The molecule has 0 saturated carbocycles. The Kier molecular flexibility index (Phi) is 4.61. The largest absolute Gasteiger partial charge is 0.337 e. The summed E-state index contributed by atoms with van der Waals surface area (Å²) in [7, 11) is 0. The van der Waals surface area contributed by atoms with Crippen LogP contribution in [0.25, 0.3) is 0 Å². The number of hydrogen-bond donors (Lipinski definition) is 2. The number of aromatic nitrogens is 4. The molecule has 0 aliphatic carbocycles. The molecule has 2 aromatic rings. The summed E-state index contributed by atoms with van der Waals surface area (Å²) < 4.78 is 1.89. The summed E-state index contributed by atoms with van der Waals surface area (Å²) in [5, 5.41) is 11.4. The molecule has 0 bridgehead atoms. The highest BCUT2D eigenvalue weighted by molar-refractivity contribution is 7.11. The molecule has 7 nitrogen and oxygen atoms in total. The van der Waals surface area contributed by atoms with Gasteiger partial charge in [-0.2, -0.15) is 5.10 Å². The van der Waals surface area contributed by atoms with Crippen LogP contribution in [0.2, 0.25) is 0 Å². The number of carbonyl (C=O) groups excluding carboxylic acids is 1. The number of nitrogens with one attached hydrogen (secondary N) is 2. The lowest BCUT2D eigenvalue weighted by atomic mass is 10.1. The summed E-state index contributed by atoms with van der Waals surface area (Å²) in [6.07, 6.45) is 3.61. The fourth-order valence-electron chi connectivity index (χ4n) is 2.72. The monoisotopic (exact) mass is 334 g/mol. The minimum atomic E-state index is -0.129. The molecular weight excluding hydrogens is 312 g/mol. The maximum Gasteiger partial charge on any atom is 0.315 e. The van der Waals surface area contributed by atoms with E-state index in [2.05, 4.69) is 32.6 Å². The standard InChI is InChI=1S/C15H22N6OS/c1-9(14-16-7-10(2)23-14)6-17-15(22)19-12-4-5-13-18-11(3)20-21(13)8-12/h7,9,12H,4-6,8H2,1-3H3,(H2,17,19,22)/t9-,12-/m1/s1. The van der Waals surface area contributed by atoms with Crippen LogP contribution in [-0.2, 0) is 13.0 Å². The maximum atomic E-state index is 12.1. The molecule has 124 valence electrons. The molecule has 0 unspecified atom stereocenters. The van der Waals surface area contributed by atoms with Gasteiger partial charge >= 0.3 is 6.03 Å². The van der Waals surface area contributed by atoms with Crippen molar-refractivity contribution in [3.05, 3.63) is 27.7 Å². The summed E-state index contributed by atoms with van der Waals surface area (Å²) in [5.74, 6) is 2.02. The van der Waals surface area contributed by atoms with Crippen molar-refractivity contribution >= 4 is 17.4 Å². The number of fused-ring (bicyclic) bond motifs is 1. The second kappa shape index (κ2) is 6.66. The van der Waals surface area contributed by atoms with E-state index in [0.29, 0.717) is 13.1 Å². The van der Waals surface area contributed by atoms with E-state index < -0.39 is 0 Å². The number of thiazole rings is 1. The Morgan fingerprint density at radius 2 is 2.35 bits per heavy atom. The molecular formula is C15H22N6OS. The van der Waals surface area contributed by atoms with Crippen molar-refractivity contribution in [2.75, 3.05) is 6.54 Å². The normalized spacial score (nSPS) is 18.3. The van der Waals surface area contributed by atoms with Crippen LogP contribution in [0.3, 0.4) is 0 Å². The summed E-state index contributed by atoms with van der Waals surface area (Å²) in [4.78, 5) is 22.0. The van der Waals surface area contributed by atoms with Crippen LogP contribution in [0.1, 0.15) is 40.8 Å². The molecule has 0 spiro atoms. The maximum absolute atomic E-state index is 12.1. The van der Waals surface area contributed by atoms with Crippen LogP contribution in [0.5, 0.6) is 0 Å². The number of amides is 2. The van der Waals surface area contributed by atoms with Crippen molar-refractivity contribution in [3.8, 4) is 0 Å². The van der Waals surface area contributed by atoms with Gasteiger partial charge in [-0.15, -0.1) is 11.3 Å². The Balaban J connectivity index is 1.46. The Labute approximate surface area is 139 Å². The number of rotatable bonds is 4. The molecule has 1 aliphatic heterocycles. The fraction of sp³-hybridized carbons (Fsp3) is 0.600. The van der Waals surface area contributed by atoms with Gasteiger partial charge in [-0.3, -0.25) is 0 Å². The lowest BCUT2D eigenvalue weighted by molar-refractivity contribution is 0.231. The zero-order chi connectivity index (χ0) is 16.4. The predicted molar refractivity (Wildman–Crippen MR) is 88.7 cm³/mol. The van der Waals surface area contributed by atoms with Gasteiger partial charge in [-0.05, 0) is 20.3 Å². The quantitative estimate of drug-likeness (QED) is 0.892. The lowest BCUT2D eigenvalue weighted by Crippen LogP contribution is -2.46. The van der Waals surface area contributed by atoms with Crippen LogP contribution in [0, 0.1) is 13.8 Å². The molecule has 2 N–H and O–H groups in total. The number of hydrogen-bond acceptors (Lipinski definition) is 5. The Morgan fingerprint density at radius 3 is 3.09 bits per heavy atom. The van der Waals surface area contributed by atoms with E-state index in [0.717, 1.165) is 29.5 Å². The molecule has 2 amide bonds. The zero-order valence-corrected chi connectivity index (χ0v) is 14.5. The van der Waals surface area contributed by atoms with Crippen molar-refractivity contribution in [2.24, 2.45) is 0 Å². The van der Waals surface area contributed by atoms with Gasteiger partial charge in [0.05, 0.1) is 17.6 Å². The third-order valence-corrected chi connectivity index (χ3v) is 5.07. The van der Waals surface area contributed by atoms with E-state index >= 15 is 0 Å². The second-order valence-corrected chi connectivity index (χ2v) is 7.32. The van der Waals surface area contributed by atoms with Crippen LogP contribution in [-0.4, -0.2) is 38.4 Å². The average Bonchev–Trinajstić information content (AvgIpc) is 3.09. The first-order valence-corrected chi connectivity index (χ1v) is 8.70. The van der Waals surface area contributed by atoms with Crippen molar-refractivity contribution in [1.82, 2.24) is 30.4 Å². The summed E-state index contributed by atoms with van der Waals surface area (Å²) in [6, 6.07) is -0.0311. The topological polar surface area (TPSA) is 84.7 Å². The number of nitrogens with zero attached hydrogens (tertiary/aromatic N) is 4. The number of carbonyl (C=O) groups is 1. The van der Waals surface area contributed by atoms with E-state index in [-0.39, 0.29) is 18.0 Å². The van der Waals surface area contributed by atoms with E-state index in [4.69, 9.17) is 0 Å². The van der Waals surface area contributed by atoms with Gasteiger partial charge in [0.2, 0.25) is 0 Å². The van der Waals surface area contributed by atoms with Gasteiger partial charge < -0.3 is 10.6 Å². The first kappa shape index (κ1) is 15.9. The molecule has 3 heterocycles. The average molecular weight is 334 g/mol. The predicted octanol–water partition coefficient (Wildman–Crippen LogP) is 1.77. The molecule has 1 aliphatic rings.